The van der Waals surface area contributed by atoms with Gasteiger partial charge < -0.3 is 5.73 Å². The Labute approximate surface area is 58.1 Å². The quantitative estimate of drug-likeness (QED) is 0.608. The minimum absolute atomic E-state index is 0. The van der Waals surface area contributed by atoms with Crippen molar-refractivity contribution in [3.63, 3.8) is 0 Å². The molecule has 1 aromatic rings. The van der Waals surface area contributed by atoms with E-state index in [-0.39, 0.29) is 12.4 Å². The SMILES string of the molecule is Cc1scnc1N.Cl. The average Bonchev–Trinajstić information content (AvgIpc) is 1.91. The smallest absolute Gasteiger partial charge is 0.137 e. The molecule has 2 nitrogen and oxygen atoms in total. The predicted octanol–water partition coefficient (Wildman–Crippen LogP) is 1.46. The molecule has 0 unspecified atom stereocenters. The number of nitrogens with zero attached hydrogens (tertiary/aromatic N) is 1. The summed E-state index contributed by atoms with van der Waals surface area (Å²) in [6.07, 6.45) is 0. The normalized spacial score (nSPS) is 8.12. The molecule has 0 aliphatic heterocycles. The number of nitrogen functional groups attached to an aromatic ring is 1. The van der Waals surface area contributed by atoms with Gasteiger partial charge in [0, 0.05) is 4.88 Å². The summed E-state index contributed by atoms with van der Waals surface area (Å²) in [5, 5.41) is 0. The summed E-state index contributed by atoms with van der Waals surface area (Å²) in [5.41, 5.74) is 7.08. The van der Waals surface area contributed by atoms with Crippen molar-refractivity contribution in [2.45, 2.75) is 6.92 Å². The van der Waals surface area contributed by atoms with Gasteiger partial charge in [0.05, 0.1) is 5.51 Å². The zero-order valence-corrected chi connectivity index (χ0v) is 6.05. The average molecular weight is 151 g/mol. The lowest BCUT2D eigenvalue weighted by Gasteiger charge is -1.78. The maximum Gasteiger partial charge on any atom is 0.137 e. The van der Waals surface area contributed by atoms with E-state index in [9.17, 15) is 0 Å². The Bertz CT molecular complexity index is 146. The molecular weight excluding hydrogens is 144 g/mol. The molecule has 1 aromatic heterocycles. The zero-order valence-electron chi connectivity index (χ0n) is 4.42. The van der Waals surface area contributed by atoms with Crippen LogP contribution in [0.25, 0.3) is 0 Å². The van der Waals surface area contributed by atoms with E-state index >= 15 is 0 Å². The zero-order chi connectivity index (χ0) is 5.28. The molecule has 0 atom stereocenters. The molecule has 46 valence electrons. The molecule has 0 radical (unpaired) electrons. The lowest BCUT2D eigenvalue weighted by molar-refractivity contribution is 1.39. The molecular formula is C4H7ClN2S. The standard InChI is InChI=1S/C4H6N2S.ClH/c1-3-4(5)6-2-7-3;/h2H,5H2,1H3;1H. The Morgan fingerprint density at radius 1 is 1.75 bits per heavy atom. The Morgan fingerprint density at radius 2 is 2.38 bits per heavy atom. The molecule has 8 heavy (non-hydrogen) atoms. The third kappa shape index (κ3) is 1.35. The highest BCUT2D eigenvalue weighted by Crippen LogP contribution is 2.11. The van der Waals surface area contributed by atoms with E-state index in [0.29, 0.717) is 5.82 Å². The van der Waals surface area contributed by atoms with Crippen LogP contribution in [0.15, 0.2) is 5.51 Å². The highest BCUT2D eigenvalue weighted by atomic mass is 35.5. The maximum absolute atomic E-state index is 5.34. The fraction of sp³-hybridized carbons (Fsp3) is 0.250. The third-order valence-corrected chi connectivity index (χ3v) is 1.56. The van der Waals surface area contributed by atoms with E-state index in [1.165, 1.54) is 0 Å². The van der Waals surface area contributed by atoms with Gasteiger partial charge in [0.1, 0.15) is 5.82 Å². The minimum Gasteiger partial charge on any atom is -0.383 e. The largest absolute Gasteiger partial charge is 0.383 e. The number of nitrogens with two attached hydrogens (primary N) is 1. The number of anilines is 1. The molecule has 0 aliphatic rings. The van der Waals surface area contributed by atoms with Gasteiger partial charge in [-0.2, -0.15) is 0 Å². The molecule has 0 spiro atoms. The monoisotopic (exact) mass is 150 g/mol. The number of halogens is 1. The summed E-state index contributed by atoms with van der Waals surface area (Å²) >= 11 is 1.57. The van der Waals surface area contributed by atoms with Crippen molar-refractivity contribution in [2.75, 3.05) is 5.73 Å². The van der Waals surface area contributed by atoms with Crippen molar-refractivity contribution in [3.8, 4) is 0 Å². The van der Waals surface area contributed by atoms with Gasteiger partial charge in [-0.1, -0.05) is 0 Å². The molecule has 2 N–H and O–H groups in total. The second kappa shape index (κ2) is 2.89. The van der Waals surface area contributed by atoms with Crippen LogP contribution in [-0.4, -0.2) is 4.98 Å². The van der Waals surface area contributed by atoms with Gasteiger partial charge in [0.25, 0.3) is 0 Å². The van der Waals surface area contributed by atoms with Crippen LogP contribution in [0, 0.1) is 6.92 Å². The van der Waals surface area contributed by atoms with Gasteiger partial charge in [0.2, 0.25) is 0 Å². The van der Waals surface area contributed by atoms with E-state index in [4.69, 9.17) is 5.73 Å². The lowest BCUT2D eigenvalue weighted by Crippen LogP contribution is -1.83. The van der Waals surface area contributed by atoms with Crippen LogP contribution in [0.3, 0.4) is 0 Å². The van der Waals surface area contributed by atoms with Gasteiger partial charge in [-0.15, -0.1) is 23.7 Å². The molecule has 0 saturated carbocycles. The van der Waals surface area contributed by atoms with Crippen LogP contribution in [-0.2, 0) is 0 Å². The van der Waals surface area contributed by atoms with Crippen molar-refractivity contribution in [3.05, 3.63) is 10.4 Å². The van der Waals surface area contributed by atoms with Gasteiger partial charge in [-0.25, -0.2) is 4.98 Å². The summed E-state index contributed by atoms with van der Waals surface area (Å²) in [6, 6.07) is 0. The van der Waals surface area contributed by atoms with E-state index in [2.05, 4.69) is 4.98 Å². The first-order valence-corrected chi connectivity index (χ1v) is 2.84. The first-order valence-electron chi connectivity index (χ1n) is 1.96. The van der Waals surface area contributed by atoms with E-state index in [1.54, 1.807) is 16.8 Å². The number of hydrogen-bond acceptors (Lipinski definition) is 3. The van der Waals surface area contributed by atoms with E-state index in [0.717, 1.165) is 4.88 Å². The van der Waals surface area contributed by atoms with Gasteiger partial charge in [0.15, 0.2) is 0 Å². The van der Waals surface area contributed by atoms with Crippen molar-refractivity contribution in [1.29, 1.82) is 0 Å². The third-order valence-electron chi connectivity index (χ3n) is 0.782. The second-order valence-electron chi connectivity index (χ2n) is 1.29. The maximum atomic E-state index is 5.34. The van der Waals surface area contributed by atoms with Gasteiger partial charge >= 0.3 is 0 Å². The van der Waals surface area contributed by atoms with Crippen molar-refractivity contribution >= 4 is 29.6 Å². The highest BCUT2D eigenvalue weighted by molar-refractivity contribution is 7.10. The van der Waals surface area contributed by atoms with Crippen LogP contribution in [0.1, 0.15) is 4.88 Å². The summed E-state index contributed by atoms with van der Waals surface area (Å²) in [6.45, 7) is 1.95. The fourth-order valence-corrected chi connectivity index (χ4v) is 0.811. The van der Waals surface area contributed by atoms with Crippen LogP contribution in [0.2, 0.25) is 0 Å². The summed E-state index contributed by atoms with van der Waals surface area (Å²) in [4.78, 5) is 4.91. The lowest BCUT2D eigenvalue weighted by atomic mass is 10.6. The number of aryl methyl sites for hydroxylation is 1. The van der Waals surface area contributed by atoms with Crippen LogP contribution in [0.5, 0.6) is 0 Å². The Hall–Kier alpha value is -0.280. The summed E-state index contributed by atoms with van der Waals surface area (Å²) < 4.78 is 0. The molecule has 0 aliphatic carbocycles. The second-order valence-corrected chi connectivity index (χ2v) is 2.35. The first-order chi connectivity index (χ1) is 3.30. The fourth-order valence-electron chi connectivity index (χ4n) is 0.313. The summed E-state index contributed by atoms with van der Waals surface area (Å²) in [7, 11) is 0. The Morgan fingerprint density at radius 3 is 2.50 bits per heavy atom. The van der Waals surface area contributed by atoms with E-state index < -0.39 is 0 Å². The molecule has 4 heteroatoms. The topological polar surface area (TPSA) is 38.9 Å². The van der Waals surface area contributed by atoms with Crippen molar-refractivity contribution in [2.24, 2.45) is 0 Å². The van der Waals surface area contributed by atoms with Crippen molar-refractivity contribution in [1.82, 2.24) is 4.98 Å². The number of aromatic nitrogens is 1. The number of rotatable bonds is 0. The molecule has 0 amide bonds. The molecule has 1 heterocycles. The number of thiazole rings is 1. The summed E-state index contributed by atoms with van der Waals surface area (Å²) in [5.74, 6) is 0.657. The van der Waals surface area contributed by atoms with E-state index in [1.807, 2.05) is 6.92 Å². The van der Waals surface area contributed by atoms with Crippen LogP contribution in [0.4, 0.5) is 5.82 Å². The predicted molar refractivity (Wildman–Crippen MR) is 38.5 cm³/mol. The van der Waals surface area contributed by atoms with Gasteiger partial charge in [-0.05, 0) is 6.92 Å². The number of hydrogen-bond donors (Lipinski definition) is 1. The Kier molecular flexibility index (Phi) is 2.79. The highest BCUT2D eigenvalue weighted by Gasteiger charge is 1.89. The molecule has 1 rings (SSSR count). The Balaban J connectivity index is 0.000000490. The first kappa shape index (κ1) is 7.72. The molecule has 0 aromatic carbocycles. The van der Waals surface area contributed by atoms with Crippen molar-refractivity contribution < 1.29 is 0 Å². The van der Waals surface area contributed by atoms with Gasteiger partial charge in [-0.3, -0.25) is 0 Å². The minimum atomic E-state index is 0. The molecule has 0 fully saturated rings. The molecule has 0 saturated heterocycles. The van der Waals surface area contributed by atoms with Crippen LogP contribution < -0.4 is 5.73 Å². The van der Waals surface area contributed by atoms with Crippen LogP contribution >= 0.6 is 23.7 Å². The molecule has 0 bridgehead atoms.